The molecule has 0 aliphatic carbocycles. The Kier molecular flexibility index (Phi) is 13.4. The van der Waals surface area contributed by atoms with E-state index in [9.17, 15) is 0 Å². The fraction of sp³-hybridized carbons (Fsp3) is 0.727. The predicted octanol–water partition coefficient (Wildman–Crippen LogP) is 7.89. The highest BCUT2D eigenvalue weighted by molar-refractivity contribution is 6.64. The molecular formula is C22H39ClO2Si. The van der Waals surface area contributed by atoms with E-state index < -0.39 is 8.56 Å². The summed E-state index contributed by atoms with van der Waals surface area (Å²) in [5.41, 5.74) is 1.15. The third-order valence-electron chi connectivity index (χ3n) is 4.70. The van der Waals surface area contributed by atoms with Crippen molar-refractivity contribution < 1.29 is 8.85 Å². The lowest BCUT2D eigenvalue weighted by molar-refractivity contribution is 0.168. The van der Waals surface area contributed by atoms with Crippen LogP contribution in [0.4, 0.5) is 0 Å². The Bertz CT molecular complexity index is 448. The summed E-state index contributed by atoms with van der Waals surface area (Å²) in [5, 5.41) is 0.762. The molecule has 0 N–H and O–H groups in total. The summed E-state index contributed by atoms with van der Waals surface area (Å²) in [7, 11) is -2.03. The first-order valence-electron chi connectivity index (χ1n) is 10.6. The molecule has 0 aliphatic heterocycles. The van der Waals surface area contributed by atoms with Gasteiger partial charge in [0.15, 0.2) is 0 Å². The van der Waals surface area contributed by atoms with Crippen molar-refractivity contribution in [3.05, 3.63) is 34.9 Å². The zero-order valence-corrected chi connectivity index (χ0v) is 19.0. The Morgan fingerprint density at radius 2 is 1.23 bits per heavy atom. The van der Waals surface area contributed by atoms with E-state index in [2.05, 4.69) is 20.0 Å². The van der Waals surface area contributed by atoms with Crippen LogP contribution in [0, 0.1) is 0 Å². The zero-order chi connectivity index (χ0) is 19.1. The highest BCUT2D eigenvalue weighted by Gasteiger charge is 2.24. The molecule has 0 fully saturated rings. The minimum Gasteiger partial charge on any atom is -0.395 e. The minimum atomic E-state index is -2.03. The van der Waals surface area contributed by atoms with E-state index in [-0.39, 0.29) is 0 Å². The average molecular weight is 399 g/mol. The average Bonchev–Trinajstić information content (AvgIpc) is 2.62. The van der Waals surface area contributed by atoms with Gasteiger partial charge in [0.05, 0.1) is 6.61 Å². The van der Waals surface area contributed by atoms with Crippen LogP contribution in [0.1, 0.15) is 83.1 Å². The molecule has 1 aromatic rings. The molecule has 0 aromatic heterocycles. The van der Waals surface area contributed by atoms with Crippen molar-refractivity contribution >= 4 is 20.2 Å². The number of hydrogen-bond donors (Lipinski definition) is 0. The van der Waals surface area contributed by atoms with Gasteiger partial charge in [0.25, 0.3) is 0 Å². The monoisotopic (exact) mass is 398 g/mol. The standard InChI is InChI=1S/C22H39ClO2Si/c1-4-5-6-7-8-9-10-11-12-13-14-19-24-26(2,3)25-20-21-15-17-22(23)18-16-21/h15-18H,4-14,19-20H2,1-3H3. The molecule has 0 aliphatic rings. The third-order valence-corrected chi connectivity index (χ3v) is 6.69. The van der Waals surface area contributed by atoms with Crippen LogP contribution in [0.2, 0.25) is 18.1 Å². The van der Waals surface area contributed by atoms with Crippen molar-refractivity contribution in [1.29, 1.82) is 0 Å². The van der Waals surface area contributed by atoms with Gasteiger partial charge >= 0.3 is 8.56 Å². The first-order chi connectivity index (χ1) is 12.5. The normalized spacial score (nSPS) is 11.8. The Hall–Kier alpha value is -0.353. The summed E-state index contributed by atoms with van der Waals surface area (Å²) in [6.45, 7) is 7.97. The minimum absolute atomic E-state index is 0.606. The second-order valence-electron chi connectivity index (χ2n) is 7.70. The Labute approximate surface area is 167 Å². The van der Waals surface area contributed by atoms with Gasteiger partial charge < -0.3 is 8.85 Å². The van der Waals surface area contributed by atoms with E-state index >= 15 is 0 Å². The van der Waals surface area contributed by atoms with Crippen LogP contribution in [0.5, 0.6) is 0 Å². The molecule has 0 spiro atoms. The topological polar surface area (TPSA) is 18.5 Å². The number of unbranched alkanes of at least 4 members (excludes halogenated alkanes) is 10. The molecule has 0 amide bonds. The van der Waals surface area contributed by atoms with Crippen LogP contribution in [-0.2, 0) is 15.5 Å². The van der Waals surface area contributed by atoms with Crippen LogP contribution in [0.3, 0.4) is 0 Å². The molecule has 150 valence electrons. The van der Waals surface area contributed by atoms with E-state index in [0.717, 1.165) is 23.6 Å². The molecule has 0 bridgehead atoms. The molecule has 2 nitrogen and oxygen atoms in total. The summed E-state index contributed by atoms with van der Waals surface area (Å²) in [4.78, 5) is 0. The van der Waals surface area contributed by atoms with Crippen molar-refractivity contribution in [2.45, 2.75) is 97.3 Å². The Balaban J connectivity index is 1.95. The molecule has 4 heteroatoms. The largest absolute Gasteiger partial charge is 0.395 e. The lowest BCUT2D eigenvalue weighted by atomic mass is 10.1. The van der Waals surface area contributed by atoms with Crippen molar-refractivity contribution in [2.24, 2.45) is 0 Å². The molecular weight excluding hydrogens is 360 g/mol. The van der Waals surface area contributed by atoms with E-state index in [4.69, 9.17) is 20.5 Å². The van der Waals surface area contributed by atoms with Crippen LogP contribution in [-0.4, -0.2) is 15.2 Å². The van der Waals surface area contributed by atoms with Crippen LogP contribution in [0.25, 0.3) is 0 Å². The van der Waals surface area contributed by atoms with E-state index in [1.807, 2.05) is 24.3 Å². The van der Waals surface area contributed by atoms with Gasteiger partial charge in [-0.15, -0.1) is 0 Å². The molecule has 0 unspecified atom stereocenters. The number of benzene rings is 1. The fourth-order valence-corrected chi connectivity index (χ4v) is 4.32. The number of hydrogen-bond acceptors (Lipinski definition) is 2. The second-order valence-corrected chi connectivity index (χ2v) is 11.5. The van der Waals surface area contributed by atoms with Crippen molar-refractivity contribution in [1.82, 2.24) is 0 Å². The molecule has 0 radical (unpaired) electrons. The van der Waals surface area contributed by atoms with E-state index in [1.165, 1.54) is 64.2 Å². The summed E-state index contributed by atoms with van der Waals surface area (Å²) in [6.07, 6.45) is 15.0. The summed E-state index contributed by atoms with van der Waals surface area (Å²) >= 11 is 5.91. The van der Waals surface area contributed by atoms with Gasteiger partial charge in [-0.2, -0.15) is 0 Å². The third kappa shape index (κ3) is 12.9. The first kappa shape index (κ1) is 23.7. The summed E-state index contributed by atoms with van der Waals surface area (Å²) in [6, 6.07) is 7.83. The Morgan fingerprint density at radius 3 is 1.77 bits per heavy atom. The van der Waals surface area contributed by atoms with Gasteiger partial charge in [-0.25, -0.2) is 0 Å². The summed E-state index contributed by atoms with van der Waals surface area (Å²) < 4.78 is 12.1. The lowest BCUT2D eigenvalue weighted by Crippen LogP contribution is -2.35. The maximum atomic E-state index is 6.05. The maximum Gasteiger partial charge on any atom is 0.332 e. The van der Waals surface area contributed by atoms with Gasteiger partial charge in [0, 0.05) is 11.6 Å². The van der Waals surface area contributed by atoms with Gasteiger partial charge in [0.1, 0.15) is 0 Å². The SMILES string of the molecule is CCCCCCCCCCCCCO[Si](C)(C)OCc1ccc(Cl)cc1. The first-order valence-corrected chi connectivity index (χ1v) is 13.8. The second kappa shape index (κ2) is 14.7. The predicted molar refractivity (Wildman–Crippen MR) is 116 cm³/mol. The highest BCUT2D eigenvalue weighted by atomic mass is 35.5. The van der Waals surface area contributed by atoms with Crippen molar-refractivity contribution in [2.75, 3.05) is 6.61 Å². The lowest BCUT2D eigenvalue weighted by Gasteiger charge is -2.23. The smallest absolute Gasteiger partial charge is 0.332 e. The van der Waals surface area contributed by atoms with Crippen LogP contribution in [0.15, 0.2) is 24.3 Å². The molecule has 1 rings (SSSR count). The van der Waals surface area contributed by atoms with Gasteiger partial charge in [-0.3, -0.25) is 0 Å². The molecule has 0 saturated heterocycles. The van der Waals surface area contributed by atoms with Crippen LogP contribution >= 0.6 is 11.6 Å². The van der Waals surface area contributed by atoms with Crippen LogP contribution < -0.4 is 0 Å². The van der Waals surface area contributed by atoms with Crippen molar-refractivity contribution in [3.8, 4) is 0 Å². The van der Waals surface area contributed by atoms with E-state index in [1.54, 1.807) is 0 Å². The number of rotatable bonds is 16. The molecule has 0 atom stereocenters. The fourth-order valence-electron chi connectivity index (χ4n) is 2.96. The van der Waals surface area contributed by atoms with Gasteiger partial charge in [0.2, 0.25) is 0 Å². The summed E-state index contributed by atoms with van der Waals surface area (Å²) in [5.74, 6) is 0. The zero-order valence-electron chi connectivity index (χ0n) is 17.2. The quantitative estimate of drug-likeness (QED) is 0.208. The van der Waals surface area contributed by atoms with E-state index in [0.29, 0.717) is 6.61 Å². The van der Waals surface area contributed by atoms with Gasteiger partial charge in [-0.05, 0) is 37.2 Å². The molecule has 1 aromatic carbocycles. The highest BCUT2D eigenvalue weighted by Crippen LogP contribution is 2.15. The maximum absolute atomic E-state index is 6.05. The van der Waals surface area contributed by atoms with Gasteiger partial charge in [-0.1, -0.05) is 94.9 Å². The number of halogens is 1. The molecule has 0 heterocycles. The Morgan fingerprint density at radius 1 is 0.731 bits per heavy atom. The molecule has 26 heavy (non-hydrogen) atoms. The molecule has 0 saturated carbocycles. The van der Waals surface area contributed by atoms with Crippen molar-refractivity contribution in [3.63, 3.8) is 0 Å².